The van der Waals surface area contributed by atoms with Gasteiger partial charge in [0.15, 0.2) is 5.75 Å². The zero-order valence-corrected chi connectivity index (χ0v) is 42.9. The molecule has 0 saturated carbocycles. The largest absolute Gasteiger partial charge is 0.465 e. The highest BCUT2D eigenvalue weighted by atomic mass is 79.9. The third kappa shape index (κ3) is 11.2. The molecular formula is C50H38Br4F6O8. The van der Waals surface area contributed by atoms with Crippen molar-refractivity contribution in [2.45, 2.75) is 57.8 Å². The number of alkyl halides is 6. The normalized spacial score (nSPS) is 11.8. The second-order valence-electron chi connectivity index (χ2n) is 15.1. The van der Waals surface area contributed by atoms with Crippen molar-refractivity contribution in [2.24, 2.45) is 0 Å². The molecule has 0 fully saturated rings. The van der Waals surface area contributed by atoms with E-state index in [0.717, 1.165) is 23.3 Å². The second-order valence-corrected chi connectivity index (χ2v) is 18.5. The lowest BCUT2D eigenvalue weighted by atomic mass is 9.72. The van der Waals surface area contributed by atoms with Gasteiger partial charge in [-0.3, -0.25) is 0 Å². The number of methoxy groups -OCH3 is 1. The van der Waals surface area contributed by atoms with Crippen molar-refractivity contribution < 1.29 is 64.5 Å². The Balaban J connectivity index is 0.00000426. The van der Waals surface area contributed by atoms with Crippen LogP contribution in [0.25, 0.3) is 0 Å². The average Bonchev–Trinajstić information content (AvgIpc) is 3.29. The molecule has 6 aromatic rings. The number of ether oxygens (including phenoxy) is 4. The lowest BCUT2D eigenvalue weighted by Gasteiger charge is -2.39. The van der Waals surface area contributed by atoms with Gasteiger partial charge in [0.2, 0.25) is 5.41 Å². The zero-order chi connectivity index (χ0) is 50.5. The van der Waals surface area contributed by atoms with Crippen molar-refractivity contribution in [3.63, 3.8) is 0 Å². The van der Waals surface area contributed by atoms with Gasteiger partial charge in [0.05, 0.1) is 38.3 Å². The van der Waals surface area contributed by atoms with E-state index in [0.29, 0.717) is 29.0 Å². The Bertz CT molecular complexity index is 2770. The van der Waals surface area contributed by atoms with E-state index in [2.05, 4.69) is 68.5 Å². The van der Waals surface area contributed by atoms with Gasteiger partial charge in [0.25, 0.3) is 0 Å². The summed E-state index contributed by atoms with van der Waals surface area (Å²) in [4.78, 5) is 50.6. The van der Waals surface area contributed by atoms with Gasteiger partial charge in [-0.05, 0) is 164 Å². The van der Waals surface area contributed by atoms with Gasteiger partial charge in [-0.2, -0.15) is 26.3 Å². The van der Waals surface area contributed by atoms with Crippen molar-refractivity contribution >= 4 is 87.6 Å². The maximum Gasteiger partial charge on any atom is 0.411 e. The SMILES string of the molecule is CC.COC(=O)c1ccc(C(=O)Oc2ccc(C(C)(C)c3ccc(OC(=O)c4ccc(C(=O)Oc5c(Br)cc(C(c6cc(Br)c(C)c(Br)c6)(C(F)(F)F)C(F)(F)F)cc5Br)cc4)cc3)cc2)cc1. The summed E-state index contributed by atoms with van der Waals surface area (Å²) in [5, 5.41) is 0. The number of hydrogen-bond acceptors (Lipinski definition) is 8. The summed E-state index contributed by atoms with van der Waals surface area (Å²) in [6.07, 6.45) is -11.8. The van der Waals surface area contributed by atoms with E-state index in [9.17, 15) is 45.5 Å². The first-order valence-electron chi connectivity index (χ1n) is 20.1. The highest BCUT2D eigenvalue weighted by molar-refractivity contribution is 9.11. The fourth-order valence-electron chi connectivity index (χ4n) is 6.85. The molecule has 0 unspecified atom stereocenters. The predicted octanol–water partition coefficient (Wildman–Crippen LogP) is 15.3. The molecule has 0 bridgehead atoms. The Morgan fingerprint density at radius 3 is 1.04 bits per heavy atom. The van der Waals surface area contributed by atoms with Crippen LogP contribution in [-0.4, -0.2) is 43.3 Å². The molecule has 0 aliphatic heterocycles. The molecule has 0 amide bonds. The maximum atomic E-state index is 14.9. The van der Waals surface area contributed by atoms with E-state index in [1.807, 2.05) is 39.8 Å². The number of esters is 4. The zero-order valence-electron chi connectivity index (χ0n) is 36.6. The Morgan fingerprint density at radius 2 is 0.735 bits per heavy atom. The van der Waals surface area contributed by atoms with Crippen LogP contribution in [0.5, 0.6) is 17.2 Å². The molecule has 0 heterocycles. The molecule has 0 atom stereocenters. The van der Waals surface area contributed by atoms with Crippen molar-refractivity contribution in [3.05, 3.63) is 189 Å². The minimum atomic E-state index is -5.89. The number of hydrogen-bond donors (Lipinski definition) is 0. The van der Waals surface area contributed by atoms with Crippen LogP contribution < -0.4 is 14.2 Å². The first kappa shape index (κ1) is 53.7. The quantitative estimate of drug-likeness (QED) is 0.0718. The minimum absolute atomic E-state index is 0.0104. The van der Waals surface area contributed by atoms with Crippen LogP contribution >= 0.6 is 63.7 Å². The van der Waals surface area contributed by atoms with Gasteiger partial charge in [-0.1, -0.05) is 83.8 Å². The Kier molecular flexibility index (Phi) is 17.0. The predicted molar refractivity (Wildman–Crippen MR) is 257 cm³/mol. The fourth-order valence-corrected chi connectivity index (χ4v) is 9.38. The molecule has 0 radical (unpaired) electrons. The topological polar surface area (TPSA) is 105 Å². The summed E-state index contributed by atoms with van der Waals surface area (Å²) >= 11 is 12.1. The summed E-state index contributed by atoms with van der Waals surface area (Å²) < 4.78 is 110. The standard InChI is InChI=1S/C48H32Br4F6O8.C2H6/c1-25-36(49)21-32(22-37(25)50)46(47(53,54)55,48(56,57)58)33-23-38(51)40(39(52)24-33)66-44(62)29-11-9-28(10-12-29)43(61)65-35-19-15-31(16-20-35)45(2,3)30-13-17-34(18-14-30)64-42(60)27-7-5-26(6-8-27)41(59)63-4;1-2/h5-24H,1-4H3;1-2H3. The lowest BCUT2D eigenvalue weighted by molar-refractivity contribution is -0.288. The van der Waals surface area contributed by atoms with Crippen LogP contribution in [0.2, 0.25) is 0 Å². The highest BCUT2D eigenvalue weighted by Gasteiger charge is 2.72. The van der Waals surface area contributed by atoms with Crippen molar-refractivity contribution in [1.82, 2.24) is 0 Å². The van der Waals surface area contributed by atoms with E-state index in [-0.39, 0.29) is 31.4 Å². The molecule has 68 heavy (non-hydrogen) atoms. The summed E-state index contributed by atoms with van der Waals surface area (Å²) in [5.41, 5.74) is -4.75. The Hall–Kier alpha value is -5.30. The van der Waals surface area contributed by atoms with Gasteiger partial charge in [0.1, 0.15) is 11.5 Å². The summed E-state index contributed by atoms with van der Waals surface area (Å²) in [7, 11) is 1.26. The maximum absolute atomic E-state index is 14.9. The molecule has 6 rings (SSSR count). The van der Waals surface area contributed by atoms with E-state index < -0.39 is 72.9 Å². The Morgan fingerprint density at radius 1 is 0.441 bits per heavy atom. The van der Waals surface area contributed by atoms with Gasteiger partial charge in [-0.25, -0.2) is 19.2 Å². The Labute approximate surface area is 420 Å². The molecule has 0 aromatic heterocycles. The molecule has 6 aromatic carbocycles. The smallest absolute Gasteiger partial charge is 0.411 e. The average molecular weight is 1200 g/mol. The van der Waals surface area contributed by atoms with Gasteiger partial charge in [0, 0.05) is 14.4 Å². The van der Waals surface area contributed by atoms with Crippen LogP contribution in [0, 0.1) is 6.92 Å². The third-order valence-corrected chi connectivity index (χ3v) is 13.5. The summed E-state index contributed by atoms with van der Waals surface area (Å²) in [5.74, 6) is -2.81. The van der Waals surface area contributed by atoms with E-state index in [4.69, 9.17) is 14.2 Å². The molecule has 0 aliphatic carbocycles. The van der Waals surface area contributed by atoms with Gasteiger partial charge in [-0.15, -0.1) is 0 Å². The van der Waals surface area contributed by atoms with E-state index in [1.165, 1.54) is 62.6 Å². The molecule has 0 spiro atoms. The second kappa shape index (κ2) is 21.6. The minimum Gasteiger partial charge on any atom is -0.465 e. The van der Waals surface area contributed by atoms with Crippen LogP contribution in [0.15, 0.2) is 139 Å². The molecule has 356 valence electrons. The van der Waals surface area contributed by atoms with Crippen LogP contribution in [-0.2, 0) is 15.6 Å². The number of carbonyl (C=O) groups is 4. The first-order chi connectivity index (χ1) is 31.9. The molecule has 18 heteroatoms. The number of halogens is 10. The number of rotatable bonds is 11. The molecule has 0 N–H and O–H groups in total. The fraction of sp³-hybridized carbons (Fsp3) is 0.200. The van der Waals surface area contributed by atoms with Crippen LogP contribution in [0.4, 0.5) is 26.3 Å². The van der Waals surface area contributed by atoms with Crippen molar-refractivity contribution in [2.75, 3.05) is 7.11 Å². The molecule has 0 saturated heterocycles. The summed E-state index contributed by atoms with van der Waals surface area (Å²) in [6.45, 7) is 9.47. The molecule has 0 aliphatic rings. The van der Waals surface area contributed by atoms with E-state index >= 15 is 0 Å². The third-order valence-electron chi connectivity index (χ3n) is 10.7. The van der Waals surface area contributed by atoms with Crippen molar-refractivity contribution in [1.29, 1.82) is 0 Å². The lowest BCUT2D eigenvalue weighted by Crippen LogP contribution is -2.54. The monoisotopic (exact) mass is 1200 g/mol. The molecule has 8 nitrogen and oxygen atoms in total. The van der Waals surface area contributed by atoms with Crippen LogP contribution in [0.1, 0.15) is 96.9 Å². The number of benzene rings is 6. The summed E-state index contributed by atoms with van der Waals surface area (Å²) in [6, 6.07) is 27.3. The number of carbonyl (C=O) groups excluding carboxylic acids is 4. The highest BCUT2D eigenvalue weighted by Crippen LogP contribution is 2.58. The van der Waals surface area contributed by atoms with Crippen LogP contribution in [0.3, 0.4) is 0 Å². The van der Waals surface area contributed by atoms with Gasteiger partial charge >= 0.3 is 36.2 Å². The van der Waals surface area contributed by atoms with Crippen molar-refractivity contribution in [3.8, 4) is 17.2 Å². The molecular weight excluding hydrogens is 1160 g/mol. The first-order valence-corrected chi connectivity index (χ1v) is 23.3. The van der Waals surface area contributed by atoms with Gasteiger partial charge < -0.3 is 18.9 Å². The van der Waals surface area contributed by atoms with E-state index in [1.54, 1.807) is 36.4 Å².